The molecule has 3 atom stereocenters. The number of fused-ring (bicyclic) bond motifs is 2. The van der Waals surface area contributed by atoms with E-state index in [1.54, 1.807) is 6.07 Å². The summed E-state index contributed by atoms with van der Waals surface area (Å²) in [6.07, 6.45) is 0.578. The van der Waals surface area contributed by atoms with E-state index in [0.717, 1.165) is 16.9 Å². The quantitative estimate of drug-likeness (QED) is 0.317. The molecule has 1 aliphatic heterocycles. The van der Waals surface area contributed by atoms with Crippen molar-refractivity contribution in [2.45, 2.75) is 31.4 Å². The van der Waals surface area contributed by atoms with Crippen molar-refractivity contribution in [3.63, 3.8) is 0 Å². The van der Waals surface area contributed by atoms with Crippen LogP contribution in [0.4, 0.5) is 4.39 Å². The van der Waals surface area contributed by atoms with E-state index in [4.69, 9.17) is 14.6 Å². The van der Waals surface area contributed by atoms with Crippen molar-refractivity contribution in [1.82, 2.24) is 5.32 Å². The summed E-state index contributed by atoms with van der Waals surface area (Å²) in [5.41, 5.74) is 3.05. The minimum atomic E-state index is -1.15. The average molecular weight is 486 g/mol. The Hall–Kier alpha value is -3.90. The van der Waals surface area contributed by atoms with Gasteiger partial charge < -0.3 is 19.9 Å². The van der Waals surface area contributed by atoms with Gasteiger partial charge >= 0.3 is 5.97 Å². The topological polar surface area (TPSA) is 67.8 Å². The highest BCUT2D eigenvalue weighted by atomic mass is 19.1. The van der Waals surface area contributed by atoms with Gasteiger partial charge in [0.25, 0.3) is 0 Å². The number of benzene rings is 4. The van der Waals surface area contributed by atoms with Gasteiger partial charge in [-0.2, -0.15) is 0 Å². The van der Waals surface area contributed by atoms with Gasteiger partial charge in [0.1, 0.15) is 11.9 Å². The summed E-state index contributed by atoms with van der Waals surface area (Å²) in [6, 6.07) is 27.4. The SMILES string of the molecule is CC(NCC1CC(c2ccc(OCC(=O)O)c(F)c2)c2ccccc2O1)c1cccc2ccccc12. The van der Waals surface area contributed by atoms with Crippen molar-refractivity contribution in [2.24, 2.45) is 0 Å². The highest BCUT2D eigenvalue weighted by molar-refractivity contribution is 5.86. The number of aliphatic carboxylic acids is 1. The Morgan fingerprint density at radius 3 is 2.69 bits per heavy atom. The number of halogens is 1. The Labute approximate surface area is 209 Å². The summed E-state index contributed by atoms with van der Waals surface area (Å²) in [5.74, 6) is -1.05. The minimum Gasteiger partial charge on any atom is -0.489 e. The van der Waals surface area contributed by atoms with Crippen LogP contribution in [0.1, 0.15) is 42.0 Å². The Morgan fingerprint density at radius 1 is 1.08 bits per heavy atom. The first kappa shape index (κ1) is 23.8. The maximum absolute atomic E-state index is 14.7. The zero-order valence-corrected chi connectivity index (χ0v) is 20.0. The summed E-state index contributed by atoms with van der Waals surface area (Å²) < 4.78 is 26.1. The van der Waals surface area contributed by atoms with E-state index in [-0.39, 0.29) is 23.8 Å². The molecule has 4 aromatic carbocycles. The lowest BCUT2D eigenvalue weighted by Crippen LogP contribution is -2.37. The molecule has 36 heavy (non-hydrogen) atoms. The summed E-state index contributed by atoms with van der Waals surface area (Å²) >= 11 is 0. The second-order valence-electron chi connectivity index (χ2n) is 9.14. The second-order valence-corrected chi connectivity index (χ2v) is 9.14. The van der Waals surface area contributed by atoms with Gasteiger partial charge in [0.15, 0.2) is 18.2 Å². The van der Waals surface area contributed by atoms with Crippen molar-refractivity contribution in [2.75, 3.05) is 13.2 Å². The second kappa shape index (κ2) is 10.4. The Morgan fingerprint density at radius 2 is 1.86 bits per heavy atom. The normalized spacial score (nSPS) is 17.7. The molecular formula is C30H28FNO4. The molecule has 0 amide bonds. The summed E-state index contributed by atoms with van der Waals surface area (Å²) in [5, 5.41) is 14.9. The highest BCUT2D eigenvalue weighted by Crippen LogP contribution is 2.41. The molecular weight excluding hydrogens is 457 g/mol. The maximum atomic E-state index is 14.7. The molecule has 0 spiro atoms. The van der Waals surface area contributed by atoms with Gasteiger partial charge in [0.05, 0.1) is 0 Å². The van der Waals surface area contributed by atoms with Gasteiger partial charge in [-0.1, -0.05) is 66.7 Å². The van der Waals surface area contributed by atoms with Crippen molar-refractivity contribution >= 4 is 16.7 Å². The minimum absolute atomic E-state index is 0.0577. The summed E-state index contributed by atoms with van der Waals surface area (Å²) in [6.45, 7) is 2.21. The predicted octanol–water partition coefficient (Wildman–Crippen LogP) is 6.08. The number of carbonyl (C=O) groups is 1. The van der Waals surface area contributed by atoms with Crippen molar-refractivity contribution in [3.8, 4) is 11.5 Å². The van der Waals surface area contributed by atoms with Gasteiger partial charge in [-0.25, -0.2) is 9.18 Å². The van der Waals surface area contributed by atoms with Crippen LogP contribution in [-0.4, -0.2) is 30.3 Å². The number of nitrogens with one attached hydrogen (secondary N) is 1. The zero-order chi connectivity index (χ0) is 25.1. The van der Waals surface area contributed by atoms with Crippen LogP contribution in [0.25, 0.3) is 10.8 Å². The fourth-order valence-electron chi connectivity index (χ4n) is 4.97. The molecule has 0 aromatic heterocycles. The van der Waals surface area contributed by atoms with Crippen LogP contribution in [0.2, 0.25) is 0 Å². The number of ether oxygens (including phenoxy) is 2. The third-order valence-corrected chi connectivity index (χ3v) is 6.74. The first-order valence-corrected chi connectivity index (χ1v) is 12.1. The molecule has 0 bridgehead atoms. The number of hydrogen-bond acceptors (Lipinski definition) is 4. The zero-order valence-electron chi connectivity index (χ0n) is 20.0. The first-order chi connectivity index (χ1) is 17.5. The van der Waals surface area contributed by atoms with Gasteiger partial charge in [-0.15, -0.1) is 0 Å². The van der Waals surface area contributed by atoms with E-state index in [1.165, 1.54) is 28.5 Å². The molecule has 6 heteroatoms. The molecule has 0 aliphatic carbocycles. The molecule has 0 saturated heterocycles. The van der Waals surface area contributed by atoms with Crippen LogP contribution in [0.15, 0.2) is 84.9 Å². The molecule has 2 N–H and O–H groups in total. The molecule has 1 heterocycles. The van der Waals surface area contributed by atoms with E-state index in [0.29, 0.717) is 13.0 Å². The van der Waals surface area contributed by atoms with Crippen LogP contribution in [0, 0.1) is 5.82 Å². The lowest BCUT2D eigenvalue weighted by atomic mass is 9.84. The van der Waals surface area contributed by atoms with Gasteiger partial charge in [0.2, 0.25) is 0 Å². The number of rotatable bonds is 8. The Kier molecular flexibility index (Phi) is 6.87. The van der Waals surface area contributed by atoms with E-state index < -0.39 is 18.4 Å². The molecule has 5 nitrogen and oxygen atoms in total. The van der Waals surface area contributed by atoms with E-state index >= 15 is 0 Å². The number of carboxylic acids is 1. The first-order valence-electron chi connectivity index (χ1n) is 12.1. The Balaban J connectivity index is 1.34. The van der Waals surface area contributed by atoms with Gasteiger partial charge in [-0.3, -0.25) is 0 Å². The monoisotopic (exact) mass is 485 g/mol. The molecule has 3 unspecified atom stereocenters. The smallest absolute Gasteiger partial charge is 0.341 e. The van der Waals surface area contributed by atoms with Crippen molar-refractivity contribution in [1.29, 1.82) is 0 Å². The molecule has 0 radical (unpaired) electrons. The number of para-hydroxylation sites is 1. The molecule has 0 fully saturated rings. The third kappa shape index (κ3) is 5.04. The van der Waals surface area contributed by atoms with Gasteiger partial charge in [-0.05, 0) is 53.4 Å². The Bertz CT molecular complexity index is 1380. The fourth-order valence-corrected chi connectivity index (χ4v) is 4.97. The van der Waals surface area contributed by atoms with Crippen molar-refractivity contribution < 1.29 is 23.8 Å². The molecule has 184 valence electrons. The van der Waals surface area contributed by atoms with E-state index in [9.17, 15) is 9.18 Å². The lowest BCUT2D eigenvalue weighted by Gasteiger charge is -2.33. The third-order valence-electron chi connectivity index (χ3n) is 6.74. The van der Waals surface area contributed by atoms with Crippen LogP contribution >= 0.6 is 0 Å². The average Bonchev–Trinajstić information content (AvgIpc) is 2.90. The molecule has 1 aliphatic rings. The lowest BCUT2D eigenvalue weighted by molar-refractivity contribution is -0.139. The van der Waals surface area contributed by atoms with Crippen LogP contribution in [-0.2, 0) is 4.79 Å². The number of carboxylic acid groups (broad SMARTS) is 1. The van der Waals surface area contributed by atoms with Crippen LogP contribution in [0.3, 0.4) is 0 Å². The molecule has 0 saturated carbocycles. The van der Waals surface area contributed by atoms with Gasteiger partial charge in [0, 0.05) is 24.1 Å². The molecule has 5 rings (SSSR count). The van der Waals surface area contributed by atoms with Crippen LogP contribution in [0.5, 0.6) is 11.5 Å². The molecule has 4 aromatic rings. The highest BCUT2D eigenvalue weighted by Gasteiger charge is 2.30. The standard InChI is InChI=1S/C30H28FNO4/c1-19(23-11-6-8-20-7-2-3-9-24(20)23)32-17-22-16-26(25-10-4-5-12-28(25)36-22)21-13-14-29(27(31)15-21)35-18-30(33)34/h2-15,19,22,26,32H,16-18H2,1H3,(H,33,34). The summed E-state index contributed by atoms with van der Waals surface area (Å²) in [7, 11) is 0. The van der Waals surface area contributed by atoms with E-state index in [1.807, 2.05) is 30.3 Å². The van der Waals surface area contributed by atoms with E-state index in [2.05, 4.69) is 48.6 Å². The fraction of sp³-hybridized carbons (Fsp3) is 0.233. The largest absolute Gasteiger partial charge is 0.489 e. The number of hydrogen-bond donors (Lipinski definition) is 2. The summed E-state index contributed by atoms with van der Waals surface area (Å²) in [4.78, 5) is 10.8. The predicted molar refractivity (Wildman–Crippen MR) is 137 cm³/mol. The van der Waals surface area contributed by atoms with Crippen molar-refractivity contribution in [3.05, 3.63) is 107 Å². The maximum Gasteiger partial charge on any atom is 0.341 e. The van der Waals surface area contributed by atoms with Crippen LogP contribution < -0.4 is 14.8 Å².